The SMILES string of the molecule is Cc1cc(F)ccc1CC(O)c1cn(C)nc1C(C)(C)C. The maximum absolute atomic E-state index is 13.2. The first-order chi connectivity index (χ1) is 9.68. The Hall–Kier alpha value is -1.68. The lowest BCUT2D eigenvalue weighted by Crippen LogP contribution is -2.17. The van der Waals surface area contributed by atoms with Gasteiger partial charge in [-0.05, 0) is 30.2 Å². The number of hydrogen-bond donors (Lipinski definition) is 1. The molecule has 0 saturated carbocycles. The molecule has 0 aliphatic carbocycles. The molecule has 1 aromatic carbocycles. The van der Waals surface area contributed by atoms with Crippen LogP contribution < -0.4 is 0 Å². The third kappa shape index (κ3) is 3.50. The molecule has 0 aliphatic heterocycles. The number of benzene rings is 1. The third-order valence-corrected chi connectivity index (χ3v) is 3.64. The second-order valence-electron chi connectivity index (χ2n) is 6.65. The van der Waals surface area contributed by atoms with Crippen molar-refractivity contribution >= 4 is 0 Å². The van der Waals surface area contributed by atoms with Crippen molar-refractivity contribution < 1.29 is 9.50 Å². The molecule has 4 heteroatoms. The first-order valence-corrected chi connectivity index (χ1v) is 7.15. The molecule has 2 aromatic rings. The highest BCUT2D eigenvalue weighted by molar-refractivity contribution is 5.31. The van der Waals surface area contributed by atoms with Crippen molar-refractivity contribution in [2.24, 2.45) is 7.05 Å². The van der Waals surface area contributed by atoms with E-state index in [4.69, 9.17) is 0 Å². The molecular formula is C17H23FN2O. The van der Waals surface area contributed by atoms with Gasteiger partial charge in [0.25, 0.3) is 0 Å². The van der Waals surface area contributed by atoms with Gasteiger partial charge in [-0.2, -0.15) is 5.10 Å². The minimum atomic E-state index is -0.642. The van der Waals surface area contributed by atoms with E-state index >= 15 is 0 Å². The summed E-state index contributed by atoms with van der Waals surface area (Å²) in [4.78, 5) is 0. The van der Waals surface area contributed by atoms with Crippen LogP contribution in [0, 0.1) is 12.7 Å². The fourth-order valence-corrected chi connectivity index (χ4v) is 2.54. The summed E-state index contributed by atoms with van der Waals surface area (Å²) in [5.74, 6) is -0.248. The van der Waals surface area contributed by atoms with Crippen molar-refractivity contribution in [3.63, 3.8) is 0 Å². The Morgan fingerprint density at radius 1 is 1.33 bits per heavy atom. The highest BCUT2D eigenvalue weighted by atomic mass is 19.1. The highest BCUT2D eigenvalue weighted by Crippen LogP contribution is 2.30. The zero-order valence-corrected chi connectivity index (χ0v) is 13.3. The van der Waals surface area contributed by atoms with Crippen LogP contribution in [0.2, 0.25) is 0 Å². The molecule has 114 valence electrons. The topological polar surface area (TPSA) is 38.0 Å². The van der Waals surface area contributed by atoms with Gasteiger partial charge in [-0.25, -0.2) is 4.39 Å². The van der Waals surface area contributed by atoms with Crippen LogP contribution in [0.1, 0.15) is 49.3 Å². The summed E-state index contributed by atoms with van der Waals surface area (Å²) in [5, 5.41) is 15.1. The zero-order chi connectivity index (χ0) is 15.8. The summed E-state index contributed by atoms with van der Waals surface area (Å²) in [6, 6.07) is 4.67. The van der Waals surface area contributed by atoms with E-state index in [0.717, 1.165) is 22.4 Å². The highest BCUT2D eigenvalue weighted by Gasteiger charge is 2.26. The number of rotatable bonds is 3. The van der Waals surface area contributed by atoms with E-state index in [2.05, 4.69) is 25.9 Å². The van der Waals surface area contributed by atoms with Gasteiger partial charge in [-0.15, -0.1) is 0 Å². The summed E-state index contributed by atoms with van der Waals surface area (Å²) in [5.41, 5.74) is 3.42. The van der Waals surface area contributed by atoms with Crippen LogP contribution in [0.4, 0.5) is 4.39 Å². The van der Waals surface area contributed by atoms with Gasteiger partial charge in [0.1, 0.15) is 5.82 Å². The van der Waals surface area contributed by atoms with Gasteiger partial charge in [0, 0.05) is 30.6 Å². The molecule has 0 amide bonds. The van der Waals surface area contributed by atoms with E-state index in [1.165, 1.54) is 12.1 Å². The quantitative estimate of drug-likeness (QED) is 0.940. The molecule has 0 spiro atoms. The number of hydrogen-bond acceptors (Lipinski definition) is 2. The van der Waals surface area contributed by atoms with Crippen LogP contribution >= 0.6 is 0 Å². The molecule has 3 nitrogen and oxygen atoms in total. The Bertz CT molecular complexity index is 641. The van der Waals surface area contributed by atoms with Crippen LogP contribution in [0.5, 0.6) is 0 Å². The number of aryl methyl sites for hydroxylation is 2. The predicted octanol–water partition coefficient (Wildman–Crippen LogP) is 3.44. The predicted molar refractivity (Wildman–Crippen MR) is 81.7 cm³/mol. The summed E-state index contributed by atoms with van der Waals surface area (Å²) < 4.78 is 14.9. The molecular weight excluding hydrogens is 267 g/mol. The maximum atomic E-state index is 13.2. The maximum Gasteiger partial charge on any atom is 0.123 e. The standard InChI is InChI=1S/C17H23FN2O/c1-11-8-13(18)7-6-12(11)9-15(21)14-10-20(5)19-16(14)17(2,3)4/h6-8,10,15,21H,9H2,1-5H3. The minimum absolute atomic E-state index is 0.130. The fraction of sp³-hybridized carbons (Fsp3) is 0.471. The molecule has 0 saturated heterocycles. The molecule has 21 heavy (non-hydrogen) atoms. The lowest BCUT2D eigenvalue weighted by atomic mass is 9.87. The average Bonchev–Trinajstić information content (AvgIpc) is 2.75. The molecule has 1 aromatic heterocycles. The van der Waals surface area contributed by atoms with Crippen molar-refractivity contribution in [3.05, 3.63) is 52.6 Å². The molecule has 0 radical (unpaired) electrons. The van der Waals surface area contributed by atoms with Crippen LogP contribution in [0.25, 0.3) is 0 Å². The summed E-state index contributed by atoms with van der Waals surface area (Å²) in [7, 11) is 1.86. The Morgan fingerprint density at radius 2 is 2.00 bits per heavy atom. The van der Waals surface area contributed by atoms with Gasteiger partial charge in [0.15, 0.2) is 0 Å². The fourth-order valence-electron chi connectivity index (χ4n) is 2.54. The second-order valence-corrected chi connectivity index (χ2v) is 6.65. The molecule has 2 rings (SSSR count). The van der Waals surface area contributed by atoms with Gasteiger partial charge in [0.05, 0.1) is 11.8 Å². The summed E-state index contributed by atoms with van der Waals surface area (Å²) >= 11 is 0. The van der Waals surface area contributed by atoms with E-state index in [-0.39, 0.29) is 11.2 Å². The zero-order valence-electron chi connectivity index (χ0n) is 13.3. The van der Waals surface area contributed by atoms with Crippen LogP contribution in [0.3, 0.4) is 0 Å². The Kier molecular flexibility index (Phi) is 4.19. The lowest BCUT2D eigenvalue weighted by Gasteiger charge is -2.20. The molecule has 1 unspecified atom stereocenters. The average molecular weight is 290 g/mol. The van der Waals surface area contributed by atoms with Gasteiger partial charge < -0.3 is 5.11 Å². The number of nitrogens with zero attached hydrogens (tertiary/aromatic N) is 2. The van der Waals surface area contributed by atoms with Gasteiger partial charge >= 0.3 is 0 Å². The Balaban J connectivity index is 2.30. The number of halogens is 1. The molecule has 1 atom stereocenters. The number of aliphatic hydroxyl groups excluding tert-OH is 1. The monoisotopic (exact) mass is 290 g/mol. The smallest absolute Gasteiger partial charge is 0.123 e. The number of aromatic nitrogens is 2. The van der Waals surface area contributed by atoms with Crippen molar-refractivity contribution in [2.45, 2.75) is 45.6 Å². The van der Waals surface area contributed by atoms with E-state index < -0.39 is 6.10 Å². The van der Waals surface area contributed by atoms with Crippen molar-refractivity contribution in [1.82, 2.24) is 9.78 Å². The molecule has 1 N–H and O–H groups in total. The third-order valence-electron chi connectivity index (χ3n) is 3.64. The van der Waals surface area contributed by atoms with Crippen molar-refractivity contribution in [1.29, 1.82) is 0 Å². The van der Waals surface area contributed by atoms with Gasteiger partial charge in [-0.3, -0.25) is 4.68 Å². The second kappa shape index (κ2) is 5.60. The molecule has 0 bridgehead atoms. The largest absolute Gasteiger partial charge is 0.388 e. The molecule has 0 aliphatic rings. The minimum Gasteiger partial charge on any atom is -0.388 e. The Labute approximate surface area is 125 Å². The van der Waals surface area contributed by atoms with E-state index in [1.807, 2.05) is 20.2 Å². The van der Waals surface area contributed by atoms with Crippen LogP contribution in [0.15, 0.2) is 24.4 Å². The van der Waals surface area contributed by atoms with Crippen LogP contribution in [-0.2, 0) is 18.9 Å². The van der Waals surface area contributed by atoms with Gasteiger partial charge in [-0.1, -0.05) is 26.8 Å². The Morgan fingerprint density at radius 3 is 2.57 bits per heavy atom. The number of aliphatic hydroxyl groups is 1. The van der Waals surface area contributed by atoms with Crippen molar-refractivity contribution in [3.8, 4) is 0 Å². The van der Waals surface area contributed by atoms with E-state index in [9.17, 15) is 9.50 Å². The summed E-state index contributed by atoms with van der Waals surface area (Å²) in [6.07, 6.45) is 1.68. The first-order valence-electron chi connectivity index (χ1n) is 7.15. The van der Waals surface area contributed by atoms with Gasteiger partial charge in [0.2, 0.25) is 0 Å². The lowest BCUT2D eigenvalue weighted by molar-refractivity contribution is 0.175. The molecule has 0 fully saturated rings. The van der Waals surface area contributed by atoms with E-state index in [0.29, 0.717) is 6.42 Å². The molecule has 1 heterocycles. The van der Waals surface area contributed by atoms with E-state index in [1.54, 1.807) is 10.7 Å². The van der Waals surface area contributed by atoms with Crippen molar-refractivity contribution in [2.75, 3.05) is 0 Å². The normalized spacial score (nSPS) is 13.5. The summed E-state index contributed by atoms with van der Waals surface area (Å²) in [6.45, 7) is 8.09. The first kappa shape index (κ1) is 15.7. The van der Waals surface area contributed by atoms with Crippen LogP contribution in [-0.4, -0.2) is 14.9 Å².